The zero-order valence-corrected chi connectivity index (χ0v) is 52.9. The average molecular weight is 1210 g/mol. The molecule has 3 heterocycles. The topological polar surface area (TPSA) is 290 Å². The van der Waals surface area contributed by atoms with Gasteiger partial charge in [0.15, 0.2) is 0 Å². The minimum absolute atomic E-state index is 0.103. The number of likely N-dealkylation sites (tertiary alicyclic amines) is 2. The minimum Gasteiger partial charge on any atom is -0.345 e. The van der Waals surface area contributed by atoms with E-state index >= 15 is 4.79 Å². The van der Waals surface area contributed by atoms with Crippen LogP contribution in [0.15, 0.2) is 0 Å². The van der Waals surface area contributed by atoms with Gasteiger partial charge in [-0.3, -0.25) is 62.3 Å². The summed E-state index contributed by atoms with van der Waals surface area (Å²) in [6, 6.07) is -6.90. The highest BCUT2D eigenvalue weighted by atomic mass is 19.3. The number of carbonyl (C=O) groups is 13. The predicted molar refractivity (Wildman–Crippen MR) is 308 cm³/mol. The molecule has 3 aliphatic rings. The Balaban J connectivity index is 2.17. The third-order valence-corrected chi connectivity index (χ3v) is 16.3. The predicted octanol–water partition coefficient (Wildman–Crippen LogP) is -0.564. The van der Waals surface area contributed by atoms with Crippen LogP contribution >= 0.6 is 0 Å². The van der Waals surface area contributed by atoms with Gasteiger partial charge in [-0.05, 0) is 57.3 Å². The Hall–Kier alpha value is -7.03. The maximum Gasteiger partial charge on any atom is 0.251 e. The Morgan fingerprint density at radius 2 is 1.09 bits per heavy atom. The van der Waals surface area contributed by atoms with Crippen LogP contribution in [0, 0.1) is 17.8 Å². The maximum absolute atomic E-state index is 15.1. The van der Waals surface area contributed by atoms with Crippen LogP contribution in [-0.2, 0) is 62.3 Å². The highest BCUT2D eigenvalue weighted by Gasteiger charge is 2.46. The molecule has 28 heteroatoms. The van der Waals surface area contributed by atoms with Crippen molar-refractivity contribution in [3.8, 4) is 0 Å². The molecule has 0 aliphatic carbocycles. The second-order valence-corrected chi connectivity index (χ2v) is 24.5. The van der Waals surface area contributed by atoms with Crippen LogP contribution in [0.5, 0.6) is 0 Å². The summed E-state index contributed by atoms with van der Waals surface area (Å²) in [4.78, 5) is 195. The van der Waals surface area contributed by atoms with Gasteiger partial charge in [0, 0.05) is 95.4 Å². The van der Waals surface area contributed by atoms with Crippen molar-refractivity contribution in [3.63, 3.8) is 0 Å². The molecule has 0 aromatic rings. The van der Waals surface area contributed by atoms with E-state index in [-0.39, 0.29) is 25.4 Å². The van der Waals surface area contributed by atoms with E-state index in [2.05, 4.69) is 16.0 Å². The number of hydrogen-bond acceptors (Lipinski definition) is 13. The van der Waals surface area contributed by atoms with Crippen molar-refractivity contribution in [1.82, 2.24) is 64.9 Å². The van der Waals surface area contributed by atoms with Crippen LogP contribution in [-0.4, -0.2) is 283 Å². The number of hydrogen-bond donors (Lipinski definition) is 3. The summed E-state index contributed by atoms with van der Waals surface area (Å²) in [5.41, 5.74) is -1.91. The lowest BCUT2D eigenvalue weighted by Gasteiger charge is -2.41. The fourth-order valence-electron chi connectivity index (χ4n) is 10.4. The molecular formula is C57H95F2N13O13. The van der Waals surface area contributed by atoms with E-state index in [9.17, 15) is 66.3 Å². The standard InChI is InChI=1S/C57H95F2N13O13/c1-17-37(6)48-53(83)66(12)34-47(79)65(11)33-46(78)64(10)32-45(77)63(9)31-41(73)60-30-44(76)68(14)39(28-43(75)71-25-21-57(58,59)22-26-71)51(81)62-56(7,8)55(85)70(16)49(36(4)5)54(84)69(15)40(52(82)72-23-19-18-20-24-72)29-42(74)67(13)38(27-35(2)3)50(80)61-48/h35-40,48-49H,17-34H2,1-16H3,(H,60,73)(H,61,80)(H,62,81)/t37-,38?,39?,40?,48?,49?/m0/s1. The summed E-state index contributed by atoms with van der Waals surface area (Å²) in [6.45, 7) is 10.2. The molecule has 0 spiro atoms. The number of rotatable bonds is 8. The molecule has 0 saturated carbocycles. The lowest BCUT2D eigenvalue weighted by atomic mass is 9.95. The number of nitrogens with one attached hydrogen (secondary N) is 3. The van der Waals surface area contributed by atoms with Gasteiger partial charge in [-0.2, -0.15) is 0 Å². The van der Waals surface area contributed by atoms with Crippen molar-refractivity contribution >= 4 is 76.8 Å². The summed E-state index contributed by atoms with van der Waals surface area (Å²) in [5.74, 6) is -14.2. The van der Waals surface area contributed by atoms with E-state index < -0.39 is 189 Å². The monoisotopic (exact) mass is 1210 g/mol. The van der Waals surface area contributed by atoms with Crippen LogP contribution in [0.1, 0.15) is 113 Å². The summed E-state index contributed by atoms with van der Waals surface area (Å²) < 4.78 is 28.4. The van der Waals surface area contributed by atoms with Gasteiger partial charge < -0.3 is 64.9 Å². The normalized spacial score (nSPS) is 25.4. The van der Waals surface area contributed by atoms with Crippen LogP contribution in [0.3, 0.4) is 0 Å². The lowest BCUT2D eigenvalue weighted by molar-refractivity contribution is -0.156. The zero-order valence-electron chi connectivity index (χ0n) is 52.9. The third-order valence-electron chi connectivity index (χ3n) is 16.3. The Morgan fingerprint density at radius 1 is 0.588 bits per heavy atom. The van der Waals surface area contributed by atoms with E-state index in [4.69, 9.17) is 0 Å². The molecular weight excluding hydrogens is 1110 g/mol. The number of alkyl halides is 2. The van der Waals surface area contributed by atoms with Crippen LogP contribution in [0.4, 0.5) is 8.78 Å². The molecule has 3 saturated heterocycles. The first kappa shape index (κ1) is 72.2. The van der Waals surface area contributed by atoms with E-state index in [0.29, 0.717) is 32.4 Å². The molecule has 480 valence electrons. The van der Waals surface area contributed by atoms with Crippen molar-refractivity contribution in [2.24, 2.45) is 17.8 Å². The molecule has 0 bridgehead atoms. The lowest BCUT2D eigenvalue weighted by Crippen LogP contribution is -2.64. The summed E-state index contributed by atoms with van der Waals surface area (Å²) in [6.07, 6.45) is 0.0456. The zero-order chi connectivity index (χ0) is 64.7. The Labute approximate surface area is 499 Å². The molecule has 0 aromatic heterocycles. The SMILES string of the molecule is CC[C@H](C)C1NC(=O)C(CC(C)C)N(C)C(=O)CC(C(=O)N2CCCCC2)N(C)C(=O)C(C(C)C)N(C)C(=O)C(C)(C)NC(=O)C(CC(=O)N2CCC(F)(F)CC2)N(C)C(=O)CNC(=O)CN(C)C(=O)CN(C)C(=O)CN(C)C(=O)CN(C)C1=O. The molecule has 0 aromatic carbocycles. The minimum atomic E-state index is -3.03. The molecule has 3 rings (SSSR count). The molecule has 6 atom stereocenters. The summed E-state index contributed by atoms with van der Waals surface area (Å²) in [5, 5.41) is 7.80. The molecule has 3 N–H and O–H groups in total. The Kier molecular flexibility index (Phi) is 26.7. The second-order valence-electron chi connectivity index (χ2n) is 24.5. The fraction of sp³-hybridized carbons (Fsp3) is 0.772. The summed E-state index contributed by atoms with van der Waals surface area (Å²) in [7, 11) is 10.4. The van der Waals surface area contributed by atoms with Gasteiger partial charge in [-0.25, -0.2) is 8.78 Å². The fourth-order valence-corrected chi connectivity index (χ4v) is 10.4. The quantitative estimate of drug-likeness (QED) is 0.275. The van der Waals surface area contributed by atoms with E-state index in [0.717, 1.165) is 52.7 Å². The van der Waals surface area contributed by atoms with Gasteiger partial charge in [0.25, 0.3) is 5.92 Å². The molecule has 0 radical (unpaired) electrons. The van der Waals surface area contributed by atoms with Gasteiger partial charge in [0.05, 0.1) is 45.6 Å². The van der Waals surface area contributed by atoms with Crippen LogP contribution in [0.2, 0.25) is 0 Å². The molecule has 3 fully saturated rings. The van der Waals surface area contributed by atoms with Gasteiger partial charge in [-0.15, -0.1) is 0 Å². The average Bonchev–Trinajstić information content (AvgIpc) is 2.67. The molecule has 13 amide bonds. The number of halogens is 2. The Morgan fingerprint density at radius 3 is 1.60 bits per heavy atom. The summed E-state index contributed by atoms with van der Waals surface area (Å²) >= 11 is 0. The number of nitrogens with zero attached hydrogens (tertiary/aromatic N) is 10. The first-order valence-corrected chi connectivity index (χ1v) is 29.2. The van der Waals surface area contributed by atoms with Gasteiger partial charge in [0.2, 0.25) is 76.8 Å². The van der Waals surface area contributed by atoms with Gasteiger partial charge >= 0.3 is 0 Å². The van der Waals surface area contributed by atoms with E-state index in [1.807, 2.05) is 13.8 Å². The largest absolute Gasteiger partial charge is 0.345 e. The maximum atomic E-state index is 15.1. The van der Waals surface area contributed by atoms with Gasteiger partial charge in [-0.1, -0.05) is 48.0 Å². The molecule has 85 heavy (non-hydrogen) atoms. The highest BCUT2D eigenvalue weighted by Crippen LogP contribution is 2.29. The van der Waals surface area contributed by atoms with Crippen LogP contribution < -0.4 is 16.0 Å². The van der Waals surface area contributed by atoms with Crippen LogP contribution in [0.25, 0.3) is 0 Å². The number of amides is 13. The van der Waals surface area contributed by atoms with E-state index in [1.165, 1.54) is 68.1 Å². The molecule has 5 unspecified atom stereocenters. The van der Waals surface area contributed by atoms with Crippen molar-refractivity contribution in [1.29, 1.82) is 0 Å². The first-order valence-electron chi connectivity index (χ1n) is 29.2. The van der Waals surface area contributed by atoms with Crippen molar-refractivity contribution in [2.75, 3.05) is 115 Å². The smallest absolute Gasteiger partial charge is 0.251 e. The van der Waals surface area contributed by atoms with E-state index in [1.54, 1.807) is 32.6 Å². The number of carbonyl (C=O) groups excluding carboxylic acids is 13. The second kappa shape index (κ2) is 31.4. The molecule has 3 aliphatic heterocycles. The number of likely N-dealkylation sites (N-methyl/N-ethyl adjacent to an activating group) is 8. The highest BCUT2D eigenvalue weighted by molar-refractivity contribution is 6.00. The van der Waals surface area contributed by atoms with Crippen molar-refractivity contribution in [2.45, 2.75) is 155 Å². The van der Waals surface area contributed by atoms with Crippen molar-refractivity contribution in [3.05, 3.63) is 0 Å². The molecule has 26 nitrogen and oxygen atoms in total. The van der Waals surface area contributed by atoms with Gasteiger partial charge in [0.1, 0.15) is 35.7 Å². The van der Waals surface area contributed by atoms with Crippen molar-refractivity contribution < 1.29 is 71.1 Å². The third kappa shape index (κ3) is 20.0. The number of piperidine rings is 2. The first-order chi connectivity index (χ1) is 39.4. The Bertz CT molecular complexity index is 2460.